The molecule has 0 atom stereocenters. The van der Waals surface area contributed by atoms with E-state index in [1.807, 2.05) is 19.9 Å². The fraction of sp³-hybridized carbons (Fsp3) is 0.562. The molecule has 5 nitrogen and oxygen atoms in total. The third-order valence-electron chi connectivity index (χ3n) is 3.97. The van der Waals surface area contributed by atoms with E-state index in [1.165, 1.54) is 4.31 Å². The molecule has 22 heavy (non-hydrogen) atoms. The molecule has 0 bridgehead atoms. The molecule has 0 aliphatic carbocycles. The SMILES string of the molecule is Cc1ccccc1S(=O)(=O)N1CCCN(C(=O)C(C)C)CC1. The van der Waals surface area contributed by atoms with Gasteiger partial charge in [-0.05, 0) is 25.0 Å². The van der Waals surface area contributed by atoms with E-state index in [9.17, 15) is 13.2 Å². The van der Waals surface area contributed by atoms with Gasteiger partial charge in [0, 0.05) is 32.1 Å². The lowest BCUT2D eigenvalue weighted by molar-refractivity contribution is -0.134. The first-order chi connectivity index (χ1) is 10.3. The normalized spacial score (nSPS) is 17.5. The lowest BCUT2D eigenvalue weighted by Crippen LogP contribution is -2.39. The molecular weight excluding hydrogens is 300 g/mol. The summed E-state index contributed by atoms with van der Waals surface area (Å²) >= 11 is 0. The van der Waals surface area contributed by atoms with Gasteiger partial charge in [-0.25, -0.2) is 8.42 Å². The quantitative estimate of drug-likeness (QED) is 0.853. The number of amides is 1. The maximum absolute atomic E-state index is 12.8. The summed E-state index contributed by atoms with van der Waals surface area (Å²) in [5, 5.41) is 0. The van der Waals surface area contributed by atoms with Crippen molar-refractivity contribution in [3.8, 4) is 0 Å². The Morgan fingerprint density at radius 3 is 2.41 bits per heavy atom. The van der Waals surface area contributed by atoms with E-state index in [-0.39, 0.29) is 11.8 Å². The number of hydrogen-bond acceptors (Lipinski definition) is 3. The third-order valence-corrected chi connectivity index (χ3v) is 6.03. The Morgan fingerprint density at radius 1 is 1.09 bits per heavy atom. The topological polar surface area (TPSA) is 57.7 Å². The summed E-state index contributed by atoms with van der Waals surface area (Å²) in [4.78, 5) is 14.2. The van der Waals surface area contributed by atoms with Crippen molar-refractivity contribution >= 4 is 15.9 Å². The number of aryl methyl sites for hydroxylation is 1. The van der Waals surface area contributed by atoms with Gasteiger partial charge in [0.25, 0.3) is 0 Å². The van der Waals surface area contributed by atoms with E-state index in [2.05, 4.69) is 0 Å². The predicted molar refractivity (Wildman–Crippen MR) is 86.0 cm³/mol. The van der Waals surface area contributed by atoms with Gasteiger partial charge in [0.05, 0.1) is 4.90 Å². The third kappa shape index (κ3) is 3.50. The summed E-state index contributed by atoms with van der Waals surface area (Å²) in [7, 11) is -3.49. The minimum Gasteiger partial charge on any atom is -0.341 e. The van der Waals surface area contributed by atoms with Gasteiger partial charge in [-0.2, -0.15) is 4.31 Å². The molecular formula is C16H24N2O3S. The van der Waals surface area contributed by atoms with E-state index in [1.54, 1.807) is 30.0 Å². The van der Waals surface area contributed by atoms with Crippen LogP contribution in [0.4, 0.5) is 0 Å². The maximum atomic E-state index is 12.8. The second-order valence-electron chi connectivity index (χ2n) is 6.00. The van der Waals surface area contributed by atoms with Crippen LogP contribution in [0.15, 0.2) is 29.2 Å². The van der Waals surface area contributed by atoms with E-state index >= 15 is 0 Å². The van der Waals surface area contributed by atoms with Crippen molar-refractivity contribution in [1.29, 1.82) is 0 Å². The van der Waals surface area contributed by atoms with Gasteiger partial charge in [-0.15, -0.1) is 0 Å². The predicted octanol–water partition coefficient (Wildman–Crippen LogP) is 1.87. The highest BCUT2D eigenvalue weighted by molar-refractivity contribution is 7.89. The molecule has 6 heteroatoms. The Bertz CT molecular complexity index is 641. The van der Waals surface area contributed by atoms with Crippen LogP contribution in [0.25, 0.3) is 0 Å². The molecule has 0 aromatic heterocycles. The molecule has 1 heterocycles. The minimum absolute atomic E-state index is 0.0560. The molecule has 1 aromatic rings. The summed E-state index contributed by atoms with van der Waals surface area (Å²) in [6.45, 7) is 7.44. The highest BCUT2D eigenvalue weighted by Gasteiger charge is 2.29. The van der Waals surface area contributed by atoms with E-state index in [0.717, 1.165) is 5.56 Å². The Hall–Kier alpha value is -1.40. The van der Waals surface area contributed by atoms with Crippen LogP contribution >= 0.6 is 0 Å². The first kappa shape index (κ1) is 17.0. The lowest BCUT2D eigenvalue weighted by atomic mass is 10.2. The molecule has 0 spiro atoms. The van der Waals surface area contributed by atoms with E-state index < -0.39 is 10.0 Å². The molecule has 1 aromatic carbocycles. The largest absolute Gasteiger partial charge is 0.341 e. The van der Waals surface area contributed by atoms with Crippen LogP contribution < -0.4 is 0 Å². The zero-order chi connectivity index (χ0) is 16.3. The molecule has 0 N–H and O–H groups in total. The lowest BCUT2D eigenvalue weighted by Gasteiger charge is -2.23. The zero-order valence-electron chi connectivity index (χ0n) is 13.4. The van der Waals surface area contributed by atoms with Crippen LogP contribution in [0.5, 0.6) is 0 Å². The van der Waals surface area contributed by atoms with Gasteiger partial charge in [0.15, 0.2) is 0 Å². The number of nitrogens with zero attached hydrogens (tertiary/aromatic N) is 2. The minimum atomic E-state index is -3.49. The van der Waals surface area contributed by atoms with Crippen molar-refractivity contribution in [2.45, 2.75) is 32.1 Å². The number of carbonyl (C=O) groups is 1. The first-order valence-electron chi connectivity index (χ1n) is 7.68. The summed E-state index contributed by atoms with van der Waals surface area (Å²) in [6.07, 6.45) is 0.670. The summed E-state index contributed by atoms with van der Waals surface area (Å²) in [5.74, 6) is 0.0367. The first-order valence-corrected chi connectivity index (χ1v) is 9.12. The zero-order valence-corrected chi connectivity index (χ0v) is 14.3. The Labute approximate surface area is 133 Å². The second kappa shape index (κ2) is 6.79. The van der Waals surface area contributed by atoms with Gasteiger partial charge in [0.2, 0.25) is 15.9 Å². The maximum Gasteiger partial charge on any atom is 0.243 e. The number of hydrogen-bond donors (Lipinski definition) is 0. The Balaban J connectivity index is 2.17. The molecule has 1 fully saturated rings. The highest BCUT2D eigenvalue weighted by atomic mass is 32.2. The van der Waals surface area contributed by atoms with Gasteiger partial charge in [-0.1, -0.05) is 32.0 Å². The number of carbonyl (C=O) groups excluding carboxylic acids is 1. The van der Waals surface area contributed by atoms with Crippen LogP contribution in [0.1, 0.15) is 25.8 Å². The van der Waals surface area contributed by atoms with Gasteiger partial charge in [-0.3, -0.25) is 4.79 Å². The molecule has 1 saturated heterocycles. The molecule has 2 rings (SSSR count). The molecule has 1 amide bonds. The smallest absolute Gasteiger partial charge is 0.243 e. The molecule has 0 unspecified atom stereocenters. The molecule has 1 aliphatic rings. The number of benzene rings is 1. The van der Waals surface area contributed by atoms with Crippen LogP contribution in [0.3, 0.4) is 0 Å². The monoisotopic (exact) mass is 324 g/mol. The summed E-state index contributed by atoms with van der Waals surface area (Å²) in [6, 6.07) is 7.03. The molecule has 0 saturated carbocycles. The van der Waals surface area contributed by atoms with Crippen LogP contribution in [0, 0.1) is 12.8 Å². The average Bonchev–Trinajstić information content (AvgIpc) is 2.73. The number of rotatable bonds is 3. The van der Waals surface area contributed by atoms with Crippen LogP contribution in [-0.2, 0) is 14.8 Å². The molecule has 0 radical (unpaired) electrons. The van der Waals surface area contributed by atoms with E-state index in [0.29, 0.717) is 37.5 Å². The Morgan fingerprint density at radius 2 is 1.77 bits per heavy atom. The standard InChI is InChI=1S/C16H24N2O3S/c1-13(2)16(19)17-9-6-10-18(12-11-17)22(20,21)15-8-5-4-7-14(15)3/h4-5,7-8,13H,6,9-12H2,1-3H3. The summed E-state index contributed by atoms with van der Waals surface area (Å²) < 4.78 is 27.1. The molecule has 122 valence electrons. The highest BCUT2D eigenvalue weighted by Crippen LogP contribution is 2.21. The molecule has 1 aliphatic heterocycles. The van der Waals surface area contributed by atoms with Gasteiger partial charge in [0.1, 0.15) is 0 Å². The van der Waals surface area contributed by atoms with Crippen molar-refractivity contribution in [3.05, 3.63) is 29.8 Å². The van der Waals surface area contributed by atoms with Crippen LogP contribution in [-0.4, -0.2) is 49.7 Å². The average molecular weight is 324 g/mol. The van der Waals surface area contributed by atoms with Crippen molar-refractivity contribution in [3.63, 3.8) is 0 Å². The second-order valence-corrected chi connectivity index (χ2v) is 7.91. The van der Waals surface area contributed by atoms with Crippen molar-refractivity contribution < 1.29 is 13.2 Å². The fourth-order valence-electron chi connectivity index (χ4n) is 2.70. The van der Waals surface area contributed by atoms with Crippen molar-refractivity contribution in [1.82, 2.24) is 9.21 Å². The Kier molecular flexibility index (Phi) is 5.24. The van der Waals surface area contributed by atoms with Crippen molar-refractivity contribution in [2.75, 3.05) is 26.2 Å². The summed E-state index contributed by atoms with van der Waals surface area (Å²) in [5.41, 5.74) is 0.752. The van der Waals surface area contributed by atoms with Gasteiger partial charge < -0.3 is 4.90 Å². The fourth-order valence-corrected chi connectivity index (χ4v) is 4.40. The van der Waals surface area contributed by atoms with Crippen LogP contribution in [0.2, 0.25) is 0 Å². The van der Waals surface area contributed by atoms with Gasteiger partial charge >= 0.3 is 0 Å². The van der Waals surface area contributed by atoms with Crippen molar-refractivity contribution in [2.24, 2.45) is 5.92 Å². The number of sulfonamides is 1. The van der Waals surface area contributed by atoms with E-state index in [4.69, 9.17) is 0 Å².